The Labute approximate surface area is 142 Å². The van der Waals surface area contributed by atoms with Crippen LogP contribution in [0.5, 0.6) is 0 Å². The number of carbonyl (C=O) groups is 1. The summed E-state index contributed by atoms with van der Waals surface area (Å²) < 4.78 is 13.2. The molecule has 2 aromatic carbocycles. The standard InChI is InChI=1S/C16H14Cl2FN3O/c17-10-3-1-9(2-4-10)15-12(8-20-22-15)16(23)21-11-5-6-14(19)13(18)7-11/h1-7,12,15,20,22H,8H2,(H,21,23). The lowest BCUT2D eigenvalue weighted by molar-refractivity contribution is -0.119. The average Bonchev–Trinajstić information content (AvgIpc) is 3.01. The van der Waals surface area contributed by atoms with Crippen molar-refractivity contribution in [2.75, 3.05) is 11.9 Å². The number of anilines is 1. The molecule has 3 N–H and O–H groups in total. The minimum Gasteiger partial charge on any atom is -0.326 e. The molecule has 7 heteroatoms. The molecule has 4 nitrogen and oxygen atoms in total. The predicted molar refractivity (Wildman–Crippen MR) is 88.9 cm³/mol. The Morgan fingerprint density at radius 3 is 2.61 bits per heavy atom. The molecule has 120 valence electrons. The van der Waals surface area contributed by atoms with Gasteiger partial charge in [-0.2, -0.15) is 0 Å². The average molecular weight is 354 g/mol. The minimum absolute atomic E-state index is 0.0280. The lowest BCUT2D eigenvalue weighted by atomic mass is 9.94. The number of amides is 1. The highest BCUT2D eigenvalue weighted by molar-refractivity contribution is 6.31. The van der Waals surface area contributed by atoms with E-state index in [4.69, 9.17) is 23.2 Å². The summed E-state index contributed by atoms with van der Waals surface area (Å²) in [7, 11) is 0. The summed E-state index contributed by atoms with van der Waals surface area (Å²) in [5.74, 6) is -1.02. The van der Waals surface area contributed by atoms with Crippen LogP contribution in [-0.4, -0.2) is 12.5 Å². The summed E-state index contributed by atoms with van der Waals surface area (Å²) in [5, 5.41) is 3.38. The fourth-order valence-corrected chi connectivity index (χ4v) is 2.84. The van der Waals surface area contributed by atoms with Gasteiger partial charge in [-0.05, 0) is 35.9 Å². The highest BCUT2D eigenvalue weighted by Crippen LogP contribution is 2.28. The second kappa shape index (κ2) is 6.84. The maximum Gasteiger partial charge on any atom is 0.230 e. The molecule has 23 heavy (non-hydrogen) atoms. The van der Waals surface area contributed by atoms with Gasteiger partial charge in [-0.25, -0.2) is 9.82 Å². The van der Waals surface area contributed by atoms with Crippen LogP contribution in [0.4, 0.5) is 10.1 Å². The normalized spacial score (nSPS) is 20.5. The van der Waals surface area contributed by atoms with Crippen molar-refractivity contribution in [1.29, 1.82) is 0 Å². The summed E-state index contributed by atoms with van der Waals surface area (Å²) >= 11 is 11.6. The molecular formula is C16H14Cl2FN3O. The van der Waals surface area contributed by atoms with Crippen LogP contribution in [0.1, 0.15) is 11.6 Å². The zero-order valence-electron chi connectivity index (χ0n) is 11.9. The second-order valence-corrected chi connectivity index (χ2v) is 6.12. The predicted octanol–water partition coefficient (Wildman–Crippen LogP) is 3.54. The minimum atomic E-state index is -0.520. The maximum atomic E-state index is 13.2. The van der Waals surface area contributed by atoms with Crippen molar-refractivity contribution in [3.63, 3.8) is 0 Å². The Hall–Kier alpha value is -1.66. The van der Waals surface area contributed by atoms with Crippen LogP contribution >= 0.6 is 23.2 Å². The van der Waals surface area contributed by atoms with E-state index in [1.807, 2.05) is 12.1 Å². The molecule has 0 radical (unpaired) electrons. The van der Waals surface area contributed by atoms with Crippen LogP contribution in [-0.2, 0) is 4.79 Å². The zero-order chi connectivity index (χ0) is 16.4. The van der Waals surface area contributed by atoms with E-state index in [0.29, 0.717) is 17.3 Å². The fourth-order valence-electron chi connectivity index (χ4n) is 2.54. The molecule has 1 saturated heterocycles. The number of hydrogen-bond acceptors (Lipinski definition) is 3. The Morgan fingerprint density at radius 1 is 1.17 bits per heavy atom. The third-order valence-electron chi connectivity index (χ3n) is 3.73. The molecule has 2 aromatic rings. The Kier molecular flexibility index (Phi) is 4.82. The van der Waals surface area contributed by atoms with E-state index in [0.717, 1.165) is 5.56 Å². The van der Waals surface area contributed by atoms with Crippen LogP contribution in [0.15, 0.2) is 42.5 Å². The van der Waals surface area contributed by atoms with Crippen molar-refractivity contribution in [3.8, 4) is 0 Å². The number of hydrazine groups is 1. The fraction of sp³-hybridized carbons (Fsp3) is 0.188. The van der Waals surface area contributed by atoms with Gasteiger partial charge in [-0.3, -0.25) is 10.2 Å². The van der Waals surface area contributed by atoms with Crippen molar-refractivity contribution in [2.45, 2.75) is 6.04 Å². The summed E-state index contributed by atoms with van der Waals surface area (Å²) in [5.41, 5.74) is 7.50. The van der Waals surface area contributed by atoms with E-state index in [1.54, 1.807) is 12.1 Å². The van der Waals surface area contributed by atoms with Gasteiger partial charge in [-0.1, -0.05) is 35.3 Å². The SMILES string of the molecule is O=C(Nc1ccc(F)c(Cl)c1)C1CNNC1c1ccc(Cl)cc1. The van der Waals surface area contributed by atoms with E-state index in [-0.39, 0.29) is 22.9 Å². The molecule has 0 spiro atoms. The number of carbonyl (C=O) groups excluding carboxylic acids is 1. The van der Waals surface area contributed by atoms with Crippen molar-refractivity contribution in [1.82, 2.24) is 10.9 Å². The smallest absolute Gasteiger partial charge is 0.230 e. The van der Waals surface area contributed by atoms with Crippen molar-refractivity contribution in [3.05, 3.63) is 63.9 Å². The molecule has 0 bridgehead atoms. The monoisotopic (exact) mass is 353 g/mol. The second-order valence-electron chi connectivity index (χ2n) is 5.28. The van der Waals surface area contributed by atoms with Crippen LogP contribution in [0.25, 0.3) is 0 Å². The lowest BCUT2D eigenvalue weighted by Crippen LogP contribution is -2.29. The Balaban J connectivity index is 1.75. The molecule has 1 amide bonds. The van der Waals surface area contributed by atoms with E-state index in [1.165, 1.54) is 18.2 Å². The number of rotatable bonds is 3. The first-order valence-electron chi connectivity index (χ1n) is 7.04. The van der Waals surface area contributed by atoms with Crippen LogP contribution < -0.4 is 16.2 Å². The maximum absolute atomic E-state index is 13.2. The third-order valence-corrected chi connectivity index (χ3v) is 4.28. The van der Waals surface area contributed by atoms with Crippen LogP contribution in [0, 0.1) is 11.7 Å². The molecule has 2 atom stereocenters. The summed E-state index contributed by atoms with van der Waals surface area (Å²) in [4.78, 5) is 12.5. The van der Waals surface area contributed by atoms with Gasteiger partial charge in [0.05, 0.1) is 17.0 Å². The van der Waals surface area contributed by atoms with Gasteiger partial charge in [0.1, 0.15) is 5.82 Å². The highest BCUT2D eigenvalue weighted by atomic mass is 35.5. The summed E-state index contributed by atoms with van der Waals surface area (Å²) in [6.07, 6.45) is 0. The quantitative estimate of drug-likeness (QED) is 0.790. The molecule has 1 fully saturated rings. The van der Waals surface area contributed by atoms with E-state index in [2.05, 4.69) is 16.2 Å². The molecule has 0 aliphatic carbocycles. The van der Waals surface area contributed by atoms with Crippen molar-refractivity contribution in [2.24, 2.45) is 5.92 Å². The topological polar surface area (TPSA) is 53.2 Å². The van der Waals surface area contributed by atoms with Gasteiger partial charge in [0, 0.05) is 17.3 Å². The molecule has 1 aliphatic heterocycles. The first-order chi connectivity index (χ1) is 11.0. The van der Waals surface area contributed by atoms with Crippen molar-refractivity contribution < 1.29 is 9.18 Å². The van der Waals surface area contributed by atoms with E-state index >= 15 is 0 Å². The molecule has 2 unspecified atom stereocenters. The number of hydrogen-bond donors (Lipinski definition) is 3. The molecule has 0 aromatic heterocycles. The molecular weight excluding hydrogens is 340 g/mol. The van der Waals surface area contributed by atoms with Gasteiger partial charge >= 0.3 is 0 Å². The number of benzene rings is 2. The van der Waals surface area contributed by atoms with Gasteiger partial charge < -0.3 is 5.32 Å². The first kappa shape index (κ1) is 16.2. The van der Waals surface area contributed by atoms with Gasteiger partial charge in [0.15, 0.2) is 0 Å². The van der Waals surface area contributed by atoms with Gasteiger partial charge in [0.2, 0.25) is 5.91 Å². The molecule has 1 aliphatic rings. The van der Waals surface area contributed by atoms with Gasteiger partial charge in [-0.15, -0.1) is 0 Å². The lowest BCUT2D eigenvalue weighted by Gasteiger charge is -2.18. The molecule has 1 heterocycles. The first-order valence-corrected chi connectivity index (χ1v) is 7.80. The Morgan fingerprint density at radius 2 is 1.91 bits per heavy atom. The third kappa shape index (κ3) is 3.64. The summed E-state index contributed by atoms with van der Waals surface area (Å²) in [6, 6.07) is 11.2. The molecule has 0 saturated carbocycles. The summed E-state index contributed by atoms with van der Waals surface area (Å²) in [6.45, 7) is 0.480. The van der Waals surface area contributed by atoms with Crippen LogP contribution in [0.2, 0.25) is 10.0 Å². The Bertz CT molecular complexity index is 724. The number of nitrogens with one attached hydrogen (secondary N) is 3. The van der Waals surface area contributed by atoms with E-state index < -0.39 is 5.82 Å². The highest BCUT2D eigenvalue weighted by Gasteiger charge is 2.34. The van der Waals surface area contributed by atoms with Gasteiger partial charge in [0.25, 0.3) is 0 Å². The van der Waals surface area contributed by atoms with Crippen molar-refractivity contribution >= 4 is 34.8 Å². The largest absolute Gasteiger partial charge is 0.326 e. The van der Waals surface area contributed by atoms with E-state index in [9.17, 15) is 9.18 Å². The zero-order valence-corrected chi connectivity index (χ0v) is 13.5. The number of halogens is 3. The van der Waals surface area contributed by atoms with Crippen LogP contribution in [0.3, 0.4) is 0 Å². The molecule has 3 rings (SSSR count).